The Morgan fingerprint density at radius 2 is 2.24 bits per heavy atom. The van der Waals surface area contributed by atoms with Gasteiger partial charge in [-0.1, -0.05) is 13.0 Å². The second-order valence-electron chi connectivity index (χ2n) is 6.12. The molecule has 0 spiro atoms. The van der Waals surface area contributed by atoms with Gasteiger partial charge in [0.05, 0.1) is 11.7 Å². The van der Waals surface area contributed by atoms with Crippen LogP contribution in [0.1, 0.15) is 47.7 Å². The Bertz CT molecular complexity index is 871. The molecule has 1 atom stereocenters. The number of carbonyl (C=O) groups is 1. The molecule has 4 rings (SSSR count). The zero-order valence-electron chi connectivity index (χ0n) is 14.0. The number of likely N-dealkylation sites (tertiary alicyclic amines) is 1. The van der Waals surface area contributed by atoms with Gasteiger partial charge in [0, 0.05) is 18.5 Å². The number of rotatable bonds is 4. The zero-order valence-corrected chi connectivity index (χ0v) is 14.0. The number of hydrogen-bond donors (Lipinski definition) is 0. The van der Waals surface area contributed by atoms with Crippen molar-refractivity contribution in [2.45, 2.75) is 32.2 Å². The van der Waals surface area contributed by atoms with Gasteiger partial charge in [0.25, 0.3) is 5.91 Å². The second kappa shape index (κ2) is 6.51. The van der Waals surface area contributed by atoms with Crippen molar-refractivity contribution in [3.05, 3.63) is 59.8 Å². The summed E-state index contributed by atoms with van der Waals surface area (Å²) < 4.78 is 7.43. The SMILES string of the molecule is CCc1ccc([C@H]2CCCN2C(=O)c2cccc(-n3cnnn3)c2)o1. The minimum atomic E-state index is 0.00416. The summed E-state index contributed by atoms with van der Waals surface area (Å²) >= 11 is 0. The van der Waals surface area contributed by atoms with E-state index in [0.29, 0.717) is 5.56 Å². The first-order chi connectivity index (χ1) is 12.3. The molecule has 1 aliphatic rings. The predicted octanol–water partition coefficient (Wildman–Crippen LogP) is 2.80. The van der Waals surface area contributed by atoms with Crippen LogP contribution in [0.25, 0.3) is 5.69 Å². The molecular formula is C18H19N5O2. The maximum atomic E-state index is 13.1. The summed E-state index contributed by atoms with van der Waals surface area (Å²) in [6.45, 7) is 2.80. The third kappa shape index (κ3) is 2.93. The lowest BCUT2D eigenvalue weighted by atomic mass is 10.1. The van der Waals surface area contributed by atoms with Gasteiger partial charge < -0.3 is 9.32 Å². The molecule has 0 bridgehead atoms. The van der Waals surface area contributed by atoms with Gasteiger partial charge in [-0.2, -0.15) is 0 Å². The van der Waals surface area contributed by atoms with E-state index in [0.717, 1.165) is 43.0 Å². The maximum absolute atomic E-state index is 13.1. The van der Waals surface area contributed by atoms with Crippen LogP contribution in [0.15, 0.2) is 47.1 Å². The normalized spacial score (nSPS) is 17.2. The fraction of sp³-hybridized carbons (Fsp3) is 0.333. The Balaban J connectivity index is 1.60. The summed E-state index contributed by atoms with van der Waals surface area (Å²) in [6, 6.07) is 11.3. The largest absolute Gasteiger partial charge is 0.464 e. The number of carbonyl (C=O) groups excluding carboxylic acids is 1. The van der Waals surface area contributed by atoms with Crippen molar-refractivity contribution < 1.29 is 9.21 Å². The van der Waals surface area contributed by atoms with E-state index in [1.54, 1.807) is 0 Å². The van der Waals surface area contributed by atoms with Crippen LogP contribution < -0.4 is 0 Å². The molecule has 128 valence electrons. The molecule has 7 heteroatoms. The topological polar surface area (TPSA) is 77.1 Å². The molecule has 25 heavy (non-hydrogen) atoms. The molecule has 0 radical (unpaired) electrons. The van der Waals surface area contributed by atoms with Crippen LogP contribution in [0.4, 0.5) is 0 Å². The molecule has 0 saturated carbocycles. The number of aromatic nitrogens is 4. The lowest BCUT2D eigenvalue weighted by molar-refractivity contribution is 0.0719. The lowest BCUT2D eigenvalue weighted by Crippen LogP contribution is -2.30. The highest BCUT2D eigenvalue weighted by molar-refractivity contribution is 5.95. The molecule has 7 nitrogen and oxygen atoms in total. The van der Waals surface area contributed by atoms with Gasteiger partial charge in [-0.3, -0.25) is 4.79 Å². The first-order valence-electron chi connectivity index (χ1n) is 8.49. The number of nitrogens with zero attached hydrogens (tertiary/aromatic N) is 5. The summed E-state index contributed by atoms with van der Waals surface area (Å²) in [5.74, 6) is 1.83. The summed E-state index contributed by atoms with van der Waals surface area (Å²) in [6.07, 6.45) is 4.27. The van der Waals surface area contributed by atoms with E-state index in [9.17, 15) is 4.79 Å². The molecule has 0 aliphatic carbocycles. The van der Waals surface area contributed by atoms with Crippen LogP contribution >= 0.6 is 0 Å². The van der Waals surface area contributed by atoms with Crippen molar-refractivity contribution in [2.24, 2.45) is 0 Å². The number of tetrazole rings is 1. The van der Waals surface area contributed by atoms with E-state index in [-0.39, 0.29) is 11.9 Å². The smallest absolute Gasteiger partial charge is 0.254 e. The average molecular weight is 337 g/mol. The monoisotopic (exact) mass is 337 g/mol. The minimum Gasteiger partial charge on any atom is -0.464 e. The summed E-state index contributed by atoms with van der Waals surface area (Å²) in [4.78, 5) is 15.0. The molecular weight excluding hydrogens is 318 g/mol. The van der Waals surface area contributed by atoms with Gasteiger partial charge >= 0.3 is 0 Å². The van der Waals surface area contributed by atoms with E-state index < -0.39 is 0 Å². The first-order valence-corrected chi connectivity index (χ1v) is 8.49. The zero-order chi connectivity index (χ0) is 17.2. The number of amides is 1. The van der Waals surface area contributed by atoms with E-state index in [2.05, 4.69) is 22.4 Å². The van der Waals surface area contributed by atoms with Crippen molar-refractivity contribution in [1.29, 1.82) is 0 Å². The van der Waals surface area contributed by atoms with Crippen LogP contribution in [-0.2, 0) is 6.42 Å². The van der Waals surface area contributed by atoms with Gasteiger partial charge in [0.15, 0.2) is 0 Å². The Labute approximate surface area is 145 Å². The van der Waals surface area contributed by atoms with Crippen LogP contribution in [0.2, 0.25) is 0 Å². The minimum absolute atomic E-state index is 0.00416. The maximum Gasteiger partial charge on any atom is 0.254 e. The van der Waals surface area contributed by atoms with E-state index >= 15 is 0 Å². The number of benzene rings is 1. The summed E-state index contributed by atoms with van der Waals surface area (Å²) in [5.41, 5.74) is 1.39. The predicted molar refractivity (Wildman–Crippen MR) is 90.3 cm³/mol. The lowest BCUT2D eigenvalue weighted by Gasteiger charge is -2.23. The van der Waals surface area contributed by atoms with E-state index in [4.69, 9.17) is 4.42 Å². The van der Waals surface area contributed by atoms with Crippen molar-refractivity contribution >= 4 is 5.91 Å². The highest BCUT2D eigenvalue weighted by Gasteiger charge is 2.32. The molecule has 0 unspecified atom stereocenters. The van der Waals surface area contributed by atoms with Crippen LogP contribution in [0.5, 0.6) is 0 Å². The highest BCUT2D eigenvalue weighted by atomic mass is 16.3. The third-order valence-corrected chi connectivity index (χ3v) is 4.58. The first kappa shape index (κ1) is 15.6. The van der Waals surface area contributed by atoms with Gasteiger partial charge in [0.2, 0.25) is 0 Å². The third-order valence-electron chi connectivity index (χ3n) is 4.58. The number of hydrogen-bond acceptors (Lipinski definition) is 5. The van der Waals surface area contributed by atoms with Crippen LogP contribution in [0.3, 0.4) is 0 Å². The Morgan fingerprint density at radius 3 is 3.00 bits per heavy atom. The number of furan rings is 1. The molecule has 1 saturated heterocycles. The standard InChI is InChI=1S/C18H19N5O2/c1-2-15-8-9-17(25-15)16-7-4-10-22(16)18(24)13-5-3-6-14(11-13)23-12-19-20-21-23/h3,5-6,8-9,11-12,16H,2,4,7,10H2,1H3/t16-/m1/s1. The second-order valence-corrected chi connectivity index (χ2v) is 6.12. The Hall–Kier alpha value is -2.96. The summed E-state index contributed by atoms with van der Waals surface area (Å²) in [5, 5.41) is 11.1. The van der Waals surface area contributed by atoms with Crippen LogP contribution in [-0.4, -0.2) is 37.6 Å². The fourth-order valence-corrected chi connectivity index (χ4v) is 3.30. The molecule has 3 heterocycles. The molecule has 1 aromatic carbocycles. The van der Waals surface area contributed by atoms with E-state index in [1.807, 2.05) is 41.3 Å². The van der Waals surface area contributed by atoms with E-state index in [1.165, 1.54) is 11.0 Å². The summed E-state index contributed by atoms with van der Waals surface area (Å²) in [7, 11) is 0. The molecule has 3 aromatic rings. The average Bonchev–Trinajstić information content (AvgIpc) is 3.41. The Kier molecular flexibility index (Phi) is 4.05. The van der Waals surface area contributed by atoms with Crippen LogP contribution in [0, 0.1) is 0 Å². The van der Waals surface area contributed by atoms with Gasteiger partial charge in [-0.15, -0.1) is 5.10 Å². The Morgan fingerprint density at radius 1 is 1.32 bits per heavy atom. The molecule has 1 amide bonds. The molecule has 1 fully saturated rings. The molecule has 2 aromatic heterocycles. The van der Waals surface area contributed by atoms with Crippen molar-refractivity contribution in [1.82, 2.24) is 25.1 Å². The number of aryl methyl sites for hydroxylation is 1. The van der Waals surface area contributed by atoms with Gasteiger partial charge in [-0.05, 0) is 53.6 Å². The van der Waals surface area contributed by atoms with Crippen molar-refractivity contribution in [3.8, 4) is 5.69 Å². The van der Waals surface area contributed by atoms with Crippen molar-refractivity contribution in [3.63, 3.8) is 0 Å². The molecule has 1 aliphatic heterocycles. The highest BCUT2D eigenvalue weighted by Crippen LogP contribution is 2.34. The van der Waals surface area contributed by atoms with Crippen molar-refractivity contribution in [2.75, 3.05) is 6.54 Å². The quantitative estimate of drug-likeness (QED) is 0.731. The van der Waals surface area contributed by atoms with Gasteiger partial charge in [0.1, 0.15) is 17.8 Å². The molecule has 0 N–H and O–H groups in total. The van der Waals surface area contributed by atoms with Gasteiger partial charge in [-0.25, -0.2) is 4.68 Å². The fourth-order valence-electron chi connectivity index (χ4n) is 3.30.